The zero-order chi connectivity index (χ0) is 16.8. The molecule has 0 aromatic heterocycles. The van der Waals surface area contributed by atoms with Crippen molar-refractivity contribution in [3.63, 3.8) is 0 Å². The Morgan fingerprint density at radius 3 is 2.42 bits per heavy atom. The van der Waals surface area contributed by atoms with Gasteiger partial charge in [0.15, 0.2) is 0 Å². The molecule has 0 bridgehead atoms. The molecule has 1 aliphatic rings. The van der Waals surface area contributed by atoms with Gasteiger partial charge in [-0.05, 0) is 54.3 Å². The van der Waals surface area contributed by atoms with Gasteiger partial charge in [-0.25, -0.2) is 0 Å². The topological polar surface area (TPSA) is 44.7 Å². The number of rotatable bonds is 7. The molecule has 2 N–H and O–H groups in total. The number of anilines is 1. The third-order valence-corrected chi connectivity index (χ3v) is 4.64. The Labute approximate surface area is 144 Å². The van der Waals surface area contributed by atoms with E-state index in [2.05, 4.69) is 46.6 Å². The van der Waals surface area contributed by atoms with Gasteiger partial charge < -0.3 is 15.2 Å². The molecule has 2 aromatic rings. The summed E-state index contributed by atoms with van der Waals surface area (Å²) in [4.78, 5) is 2.42. The van der Waals surface area contributed by atoms with E-state index in [1.54, 1.807) is 7.11 Å². The van der Waals surface area contributed by atoms with Crippen LogP contribution in [0.15, 0.2) is 48.5 Å². The van der Waals surface area contributed by atoms with Gasteiger partial charge in [0.2, 0.25) is 0 Å². The van der Waals surface area contributed by atoms with E-state index in [0.29, 0.717) is 12.5 Å². The molecule has 1 aliphatic heterocycles. The molecule has 3 rings (SSSR count). The molecule has 1 fully saturated rings. The summed E-state index contributed by atoms with van der Waals surface area (Å²) in [5.41, 5.74) is 3.68. The second-order valence-corrected chi connectivity index (χ2v) is 6.47. The van der Waals surface area contributed by atoms with Crippen molar-refractivity contribution in [1.29, 1.82) is 0 Å². The van der Waals surface area contributed by atoms with Crippen LogP contribution >= 0.6 is 0 Å². The molecule has 0 spiro atoms. The largest absolute Gasteiger partial charge is 0.497 e. The number of methoxy groups -OCH3 is 1. The fourth-order valence-corrected chi connectivity index (χ4v) is 3.14. The van der Waals surface area contributed by atoms with E-state index in [1.807, 2.05) is 12.1 Å². The van der Waals surface area contributed by atoms with Crippen LogP contribution in [0.2, 0.25) is 0 Å². The number of aliphatic hydroxyl groups excluding tert-OH is 1. The molecule has 2 aromatic carbocycles. The average molecular weight is 326 g/mol. The lowest BCUT2D eigenvalue weighted by Gasteiger charge is -2.16. The monoisotopic (exact) mass is 326 g/mol. The van der Waals surface area contributed by atoms with Gasteiger partial charge in [0.1, 0.15) is 5.75 Å². The van der Waals surface area contributed by atoms with Crippen molar-refractivity contribution < 1.29 is 9.84 Å². The molecule has 128 valence electrons. The van der Waals surface area contributed by atoms with Gasteiger partial charge in [-0.1, -0.05) is 24.3 Å². The van der Waals surface area contributed by atoms with Crippen molar-refractivity contribution in [2.45, 2.75) is 19.5 Å². The van der Waals surface area contributed by atoms with Gasteiger partial charge in [-0.3, -0.25) is 4.90 Å². The normalized spacial score (nSPS) is 17.8. The van der Waals surface area contributed by atoms with E-state index in [1.165, 1.54) is 11.1 Å². The van der Waals surface area contributed by atoms with Crippen LogP contribution in [0, 0.1) is 5.92 Å². The SMILES string of the molecule is COc1ccc(CNc2ccc(CN3CC[C@@H](CO)C3)cc2)cc1. The zero-order valence-corrected chi connectivity index (χ0v) is 14.2. The Morgan fingerprint density at radius 1 is 1.08 bits per heavy atom. The molecule has 0 aliphatic carbocycles. The van der Waals surface area contributed by atoms with E-state index < -0.39 is 0 Å². The highest BCUT2D eigenvalue weighted by Crippen LogP contribution is 2.19. The van der Waals surface area contributed by atoms with Crippen molar-refractivity contribution in [1.82, 2.24) is 4.90 Å². The molecule has 1 atom stereocenters. The highest BCUT2D eigenvalue weighted by molar-refractivity contribution is 5.45. The summed E-state index contributed by atoms with van der Waals surface area (Å²) in [7, 11) is 1.68. The highest BCUT2D eigenvalue weighted by atomic mass is 16.5. The molecule has 4 nitrogen and oxygen atoms in total. The van der Waals surface area contributed by atoms with Crippen LogP contribution in [0.5, 0.6) is 5.75 Å². The van der Waals surface area contributed by atoms with Crippen LogP contribution in [0.25, 0.3) is 0 Å². The number of likely N-dealkylation sites (tertiary alicyclic amines) is 1. The number of hydrogen-bond donors (Lipinski definition) is 2. The summed E-state index contributed by atoms with van der Waals surface area (Å²) in [5, 5.41) is 12.7. The van der Waals surface area contributed by atoms with E-state index in [-0.39, 0.29) is 0 Å². The van der Waals surface area contributed by atoms with E-state index in [0.717, 1.165) is 44.0 Å². The Morgan fingerprint density at radius 2 is 1.79 bits per heavy atom. The molecule has 0 radical (unpaired) electrons. The van der Waals surface area contributed by atoms with Crippen LogP contribution < -0.4 is 10.1 Å². The molecule has 24 heavy (non-hydrogen) atoms. The van der Waals surface area contributed by atoms with Gasteiger partial charge in [0.25, 0.3) is 0 Å². The third kappa shape index (κ3) is 4.49. The van der Waals surface area contributed by atoms with E-state index in [9.17, 15) is 5.11 Å². The summed E-state index contributed by atoms with van der Waals surface area (Å²) in [6.07, 6.45) is 1.11. The Balaban J connectivity index is 1.49. The third-order valence-electron chi connectivity index (χ3n) is 4.64. The Kier molecular flexibility index (Phi) is 5.72. The summed E-state index contributed by atoms with van der Waals surface area (Å²) in [6.45, 7) is 4.17. The minimum atomic E-state index is 0.310. The molecule has 1 heterocycles. The standard InChI is InChI=1S/C20H26N2O2/c1-24-20-8-4-16(5-9-20)12-21-19-6-2-17(3-7-19)13-22-11-10-18(14-22)15-23/h2-9,18,21,23H,10-15H2,1H3/t18-/m1/s1. The van der Waals surface area contributed by atoms with Gasteiger partial charge >= 0.3 is 0 Å². The molecular formula is C20H26N2O2. The fourth-order valence-electron chi connectivity index (χ4n) is 3.14. The first-order chi connectivity index (χ1) is 11.8. The van der Waals surface area contributed by atoms with Crippen molar-refractivity contribution in [3.05, 3.63) is 59.7 Å². The Hall–Kier alpha value is -2.04. The number of aliphatic hydroxyl groups is 1. The minimum Gasteiger partial charge on any atom is -0.497 e. The van der Waals surface area contributed by atoms with Gasteiger partial charge in [0.05, 0.1) is 7.11 Å². The number of ether oxygens (including phenoxy) is 1. The first kappa shape index (κ1) is 16.8. The highest BCUT2D eigenvalue weighted by Gasteiger charge is 2.21. The minimum absolute atomic E-state index is 0.310. The molecule has 0 unspecified atom stereocenters. The predicted octanol–water partition coefficient (Wildman–Crippen LogP) is 3.12. The molecular weight excluding hydrogens is 300 g/mol. The number of nitrogens with one attached hydrogen (secondary N) is 1. The van der Waals surface area contributed by atoms with Crippen LogP contribution in [0.3, 0.4) is 0 Å². The van der Waals surface area contributed by atoms with Crippen LogP contribution in [0.1, 0.15) is 17.5 Å². The lowest BCUT2D eigenvalue weighted by atomic mass is 10.1. The zero-order valence-electron chi connectivity index (χ0n) is 14.2. The van der Waals surface area contributed by atoms with Crippen molar-refractivity contribution in [2.75, 3.05) is 32.1 Å². The van der Waals surface area contributed by atoms with E-state index >= 15 is 0 Å². The first-order valence-corrected chi connectivity index (χ1v) is 8.56. The molecule has 4 heteroatoms. The second-order valence-electron chi connectivity index (χ2n) is 6.47. The first-order valence-electron chi connectivity index (χ1n) is 8.56. The summed E-state index contributed by atoms with van der Waals surface area (Å²) < 4.78 is 5.18. The smallest absolute Gasteiger partial charge is 0.118 e. The van der Waals surface area contributed by atoms with E-state index in [4.69, 9.17) is 4.74 Å². The van der Waals surface area contributed by atoms with Crippen molar-refractivity contribution in [2.24, 2.45) is 5.92 Å². The Bertz CT molecular complexity index is 625. The molecule has 0 saturated carbocycles. The van der Waals surface area contributed by atoms with Crippen molar-refractivity contribution in [3.8, 4) is 5.75 Å². The maximum Gasteiger partial charge on any atom is 0.118 e. The average Bonchev–Trinajstić information content (AvgIpc) is 3.09. The quantitative estimate of drug-likeness (QED) is 0.820. The molecule has 0 amide bonds. The summed E-state index contributed by atoms with van der Waals surface area (Å²) in [6, 6.07) is 16.8. The van der Waals surface area contributed by atoms with Crippen LogP contribution in [-0.2, 0) is 13.1 Å². The summed E-state index contributed by atoms with van der Waals surface area (Å²) >= 11 is 0. The van der Waals surface area contributed by atoms with Gasteiger partial charge in [-0.2, -0.15) is 0 Å². The predicted molar refractivity (Wildman–Crippen MR) is 97.2 cm³/mol. The van der Waals surface area contributed by atoms with Crippen LogP contribution in [0.4, 0.5) is 5.69 Å². The number of benzene rings is 2. The number of nitrogens with zero attached hydrogens (tertiary/aromatic N) is 1. The lowest BCUT2D eigenvalue weighted by Crippen LogP contribution is -2.20. The lowest BCUT2D eigenvalue weighted by molar-refractivity contribution is 0.220. The maximum absolute atomic E-state index is 9.23. The van der Waals surface area contributed by atoms with Gasteiger partial charge in [0, 0.05) is 31.9 Å². The fraction of sp³-hybridized carbons (Fsp3) is 0.400. The van der Waals surface area contributed by atoms with Crippen LogP contribution in [-0.4, -0.2) is 36.8 Å². The maximum atomic E-state index is 9.23. The second kappa shape index (κ2) is 8.18. The van der Waals surface area contributed by atoms with Crippen molar-refractivity contribution >= 4 is 5.69 Å². The number of hydrogen-bond acceptors (Lipinski definition) is 4. The summed E-state index contributed by atoms with van der Waals surface area (Å²) in [5.74, 6) is 1.34. The van der Waals surface area contributed by atoms with Gasteiger partial charge in [-0.15, -0.1) is 0 Å². The molecule has 1 saturated heterocycles.